The predicted octanol–water partition coefficient (Wildman–Crippen LogP) is 18.0. The number of aliphatic hydroxyl groups is 2. The molecule has 1 fully saturated rings. The van der Waals surface area contributed by atoms with E-state index in [0.717, 1.165) is 122 Å². The van der Waals surface area contributed by atoms with E-state index in [9.17, 15) is 34.5 Å². The van der Waals surface area contributed by atoms with Crippen LogP contribution in [-0.4, -0.2) is 89.2 Å². The minimum absolute atomic E-state index is 0.0161. The Morgan fingerprint density at radius 2 is 0.759 bits per heavy atom. The SMILES string of the molecule is CC/C=C\C/C=C\C/C=C\C/C=C\C/C=C\CCCCCC(=O)OC1C(OCC(COC(=O)CCCCCCCCCCCCCCCCCCCCC)OC(=O)CCCCCCC/C=C\C/C=C\C/C=C\CC)OC(C(=O)O)C(O)C1O. The molecule has 0 spiro atoms. The number of unbranched alkanes of at least 4 members (excludes halogenated alkanes) is 26. The number of carboxylic acids is 1. The van der Waals surface area contributed by atoms with Crippen molar-refractivity contribution in [3.8, 4) is 0 Å². The average molecular weight is 1160 g/mol. The Kier molecular flexibility index (Phi) is 53.6. The van der Waals surface area contributed by atoms with Crippen LogP contribution in [0.25, 0.3) is 0 Å². The summed E-state index contributed by atoms with van der Waals surface area (Å²) in [4.78, 5) is 51.4. The highest BCUT2D eigenvalue weighted by Gasteiger charge is 2.50. The number of esters is 3. The molecule has 1 saturated heterocycles. The molecule has 0 aromatic carbocycles. The summed E-state index contributed by atoms with van der Waals surface area (Å²) < 4.78 is 28.5. The van der Waals surface area contributed by atoms with Crippen LogP contribution in [0, 0.1) is 0 Å². The zero-order chi connectivity index (χ0) is 60.3. The van der Waals surface area contributed by atoms with E-state index in [-0.39, 0.29) is 25.9 Å². The molecule has 12 nitrogen and oxygen atoms in total. The van der Waals surface area contributed by atoms with Crippen LogP contribution in [0.4, 0.5) is 0 Å². The van der Waals surface area contributed by atoms with Crippen molar-refractivity contribution in [1.82, 2.24) is 0 Å². The number of allylic oxidation sites excluding steroid dienone is 16. The van der Waals surface area contributed by atoms with Crippen molar-refractivity contribution in [1.29, 1.82) is 0 Å². The maximum atomic E-state index is 13.2. The molecule has 6 atom stereocenters. The van der Waals surface area contributed by atoms with E-state index in [1.165, 1.54) is 96.3 Å². The molecule has 0 aliphatic carbocycles. The third-order valence-electron chi connectivity index (χ3n) is 14.7. The second kappa shape index (κ2) is 58.0. The van der Waals surface area contributed by atoms with Gasteiger partial charge in [0.05, 0.1) is 6.61 Å². The van der Waals surface area contributed by atoms with E-state index in [0.29, 0.717) is 19.3 Å². The lowest BCUT2D eigenvalue weighted by atomic mass is 9.98. The van der Waals surface area contributed by atoms with Gasteiger partial charge in [-0.05, 0) is 96.3 Å². The molecule has 0 bridgehead atoms. The van der Waals surface area contributed by atoms with Gasteiger partial charge in [0.1, 0.15) is 18.8 Å². The summed E-state index contributed by atoms with van der Waals surface area (Å²) in [7, 11) is 0. The normalized spacial score (nSPS) is 18.2. The van der Waals surface area contributed by atoms with Gasteiger partial charge in [0.15, 0.2) is 24.6 Å². The first-order valence-electron chi connectivity index (χ1n) is 33.2. The van der Waals surface area contributed by atoms with E-state index in [2.05, 4.69) is 118 Å². The zero-order valence-corrected chi connectivity index (χ0v) is 52.4. The number of ether oxygens (including phenoxy) is 5. The number of aliphatic carboxylic acids is 1. The van der Waals surface area contributed by atoms with Gasteiger partial charge < -0.3 is 39.0 Å². The maximum absolute atomic E-state index is 13.2. The monoisotopic (exact) mass is 1160 g/mol. The van der Waals surface area contributed by atoms with Gasteiger partial charge in [-0.2, -0.15) is 0 Å². The summed E-state index contributed by atoms with van der Waals surface area (Å²) in [6, 6.07) is 0. The highest BCUT2D eigenvalue weighted by molar-refractivity contribution is 5.74. The Hall–Kier alpha value is -4.36. The number of carboxylic acid groups (broad SMARTS) is 1. The van der Waals surface area contributed by atoms with Crippen LogP contribution in [-0.2, 0) is 42.9 Å². The molecule has 1 aliphatic heterocycles. The van der Waals surface area contributed by atoms with E-state index >= 15 is 0 Å². The Balaban J connectivity index is 2.67. The number of rotatable bonds is 56. The van der Waals surface area contributed by atoms with E-state index in [1.807, 2.05) is 0 Å². The molecular weight excluding hydrogens is 1040 g/mol. The van der Waals surface area contributed by atoms with Gasteiger partial charge in [-0.1, -0.05) is 259 Å². The van der Waals surface area contributed by atoms with Crippen molar-refractivity contribution < 1.29 is 58.2 Å². The van der Waals surface area contributed by atoms with Crippen LogP contribution in [0.2, 0.25) is 0 Å². The number of hydrogen-bond acceptors (Lipinski definition) is 11. The minimum Gasteiger partial charge on any atom is -0.479 e. The van der Waals surface area contributed by atoms with Crippen LogP contribution < -0.4 is 0 Å². The first kappa shape index (κ1) is 76.7. The smallest absolute Gasteiger partial charge is 0.335 e. The highest BCUT2D eigenvalue weighted by Crippen LogP contribution is 2.27. The fourth-order valence-corrected chi connectivity index (χ4v) is 9.65. The predicted molar refractivity (Wildman–Crippen MR) is 340 cm³/mol. The Morgan fingerprint density at radius 1 is 0.410 bits per heavy atom. The summed E-state index contributed by atoms with van der Waals surface area (Å²) in [5.41, 5.74) is 0. The summed E-state index contributed by atoms with van der Waals surface area (Å²) in [6.45, 7) is 5.78. The molecule has 0 saturated carbocycles. The Labute approximate surface area is 504 Å². The third kappa shape index (κ3) is 47.6. The summed E-state index contributed by atoms with van der Waals surface area (Å²) in [6.07, 6.45) is 65.1. The summed E-state index contributed by atoms with van der Waals surface area (Å²) in [5.74, 6) is -3.18. The molecule has 6 unspecified atom stereocenters. The number of aliphatic hydroxyl groups excluding tert-OH is 2. The molecule has 0 aromatic rings. The molecule has 12 heteroatoms. The van der Waals surface area contributed by atoms with Crippen molar-refractivity contribution in [2.75, 3.05) is 13.2 Å². The van der Waals surface area contributed by atoms with E-state index in [1.54, 1.807) is 0 Å². The first-order valence-corrected chi connectivity index (χ1v) is 33.2. The molecule has 0 amide bonds. The van der Waals surface area contributed by atoms with Crippen LogP contribution in [0.1, 0.15) is 278 Å². The molecule has 1 aliphatic rings. The van der Waals surface area contributed by atoms with Gasteiger partial charge >= 0.3 is 23.9 Å². The van der Waals surface area contributed by atoms with Crippen molar-refractivity contribution in [3.05, 3.63) is 97.2 Å². The Bertz CT molecular complexity index is 1810. The topological polar surface area (TPSA) is 175 Å². The lowest BCUT2D eigenvalue weighted by Crippen LogP contribution is -2.61. The maximum Gasteiger partial charge on any atom is 0.335 e. The van der Waals surface area contributed by atoms with Crippen LogP contribution >= 0.6 is 0 Å². The van der Waals surface area contributed by atoms with Gasteiger partial charge in [0.25, 0.3) is 0 Å². The summed E-state index contributed by atoms with van der Waals surface area (Å²) >= 11 is 0. The quantitative estimate of drug-likeness (QED) is 0.0228. The molecular formula is C71H118O12. The molecule has 3 N–H and O–H groups in total. The van der Waals surface area contributed by atoms with Crippen molar-refractivity contribution >= 4 is 23.9 Å². The van der Waals surface area contributed by atoms with Crippen molar-refractivity contribution in [3.63, 3.8) is 0 Å². The molecule has 0 radical (unpaired) electrons. The number of carbonyl (C=O) groups is 4. The molecule has 0 aromatic heterocycles. The minimum atomic E-state index is -1.92. The summed E-state index contributed by atoms with van der Waals surface area (Å²) in [5, 5.41) is 31.6. The molecule has 474 valence electrons. The fourth-order valence-electron chi connectivity index (χ4n) is 9.65. The fraction of sp³-hybridized carbons (Fsp3) is 0.718. The average Bonchev–Trinajstić information content (AvgIpc) is 3.60. The lowest BCUT2D eigenvalue weighted by Gasteiger charge is -2.40. The second-order valence-corrected chi connectivity index (χ2v) is 22.3. The van der Waals surface area contributed by atoms with Gasteiger partial charge in [0, 0.05) is 19.3 Å². The van der Waals surface area contributed by atoms with Crippen LogP contribution in [0.5, 0.6) is 0 Å². The van der Waals surface area contributed by atoms with E-state index < -0.39 is 67.3 Å². The lowest BCUT2D eigenvalue weighted by molar-refractivity contribution is -0.301. The molecule has 1 heterocycles. The molecule has 1 rings (SSSR count). The molecule has 83 heavy (non-hydrogen) atoms. The van der Waals surface area contributed by atoms with Crippen molar-refractivity contribution in [2.24, 2.45) is 0 Å². The largest absolute Gasteiger partial charge is 0.479 e. The number of hydrogen-bond donors (Lipinski definition) is 3. The van der Waals surface area contributed by atoms with Gasteiger partial charge in [-0.15, -0.1) is 0 Å². The highest BCUT2D eigenvalue weighted by atomic mass is 16.7. The van der Waals surface area contributed by atoms with Crippen LogP contribution in [0.15, 0.2) is 97.2 Å². The Morgan fingerprint density at radius 3 is 1.17 bits per heavy atom. The van der Waals surface area contributed by atoms with Gasteiger partial charge in [-0.3, -0.25) is 14.4 Å². The van der Waals surface area contributed by atoms with Crippen molar-refractivity contribution in [2.45, 2.75) is 314 Å². The van der Waals surface area contributed by atoms with Gasteiger partial charge in [-0.25, -0.2) is 4.79 Å². The number of carbonyl (C=O) groups excluding carboxylic acids is 3. The van der Waals surface area contributed by atoms with E-state index in [4.69, 9.17) is 23.7 Å². The zero-order valence-electron chi connectivity index (χ0n) is 52.4. The third-order valence-corrected chi connectivity index (χ3v) is 14.7. The second-order valence-electron chi connectivity index (χ2n) is 22.3. The first-order chi connectivity index (χ1) is 40.6. The standard InChI is InChI=1S/C71H118O12/c1-4-7-10-13-16-19-22-25-28-30-32-34-37-39-42-45-48-51-54-57-63(72)79-60-62(81-64(73)58-55-52-49-46-43-40-36-27-24-21-18-15-12-9-6-3)61-80-71-69(67(76)66(75)68(83-71)70(77)78)82-65(74)59-56-53-50-47-44-41-38-35-33-31-29-26-23-20-17-14-11-8-5-2/h8-9,11-12,17-18,20-21,26-27,29,33,35-36,41,44,62,66-69,71,75-76H,4-7,10,13-16,19,22-25,28,30-32,34,37-40,42-43,45-61H2,1-3H3,(H,77,78)/b11-8-,12-9-,20-17-,21-18-,29-26-,35-33-,36-27-,44-41-. The van der Waals surface area contributed by atoms with Crippen LogP contribution in [0.3, 0.4) is 0 Å². The van der Waals surface area contributed by atoms with Gasteiger partial charge in [0.2, 0.25) is 0 Å².